The van der Waals surface area contributed by atoms with Crippen LogP contribution in [0.4, 0.5) is 0 Å². The molecule has 0 saturated carbocycles. The molecule has 7 heteroatoms. The number of carbonyl (C=O) groups is 2. The van der Waals surface area contributed by atoms with Gasteiger partial charge in [0.2, 0.25) is 11.8 Å². The highest BCUT2D eigenvalue weighted by molar-refractivity contribution is 5.88. The van der Waals surface area contributed by atoms with Gasteiger partial charge in [0.25, 0.3) is 0 Å². The third kappa shape index (κ3) is 7.12. The van der Waals surface area contributed by atoms with Gasteiger partial charge in [-0.3, -0.25) is 14.5 Å². The number of nitrogens with one attached hydrogen (secondary N) is 1. The van der Waals surface area contributed by atoms with Crippen molar-refractivity contribution >= 4 is 11.8 Å². The van der Waals surface area contributed by atoms with E-state index < -0.39 is 6.04 Å². The molecule has 3 N–H and O–H groups in total. The smallest absolute Gasteiger partial charge is 0.249 e. The van der Waals surface area contributed by atoms with Gasteiger partial charge in [-0.1, -0.05) is 60.2 Å². The van der Waals surface area contributed by atoms with E-state index in [4.69, 9.17) is 10.5 Å². The summed E-state index contributed by atoms with van der Waals surface area (Å²) in [6.07, 6.45) is 1.49. The first-order valence-electron chi connectivity index (χ1n) is 11.6. The Morgan fingerprint density at radius 1 is 1.12 bits per heavy atom. The van der Waals surface area contributed by atoms with Gasteiger partial charge in [-0.2, -0.15) is 0 Å². The lowest BCUT2D eigenvalue weighted by atomic mass is 10.1. The topological polar surface area (TPSA) is 87.9 Å². The zero-order valence-corrected chi connectivity index (χ0v) is 19.7. The molecular weight excluding hydrogens is 416 g/mol. The first-order chi connectivity index (χ1) is 16.0. The summed E-state index contributed by atoms with van der Waals surface area (Å²) >= 11 is 0. The van der Waals surface area contributed by atoms with Crippen molar-refractivity contribution in [3.05, 3.63) is 71.3 Å². The third-order valence-electron chi connectivity index (χ3n) is 6.17. The van der Waals surface area contributed by atoms with Crippen LogP contribution < -0.4 is 11.1 Å². The Bertz CT molecular complexity index is 888. The fraction of sp³-hybridized carbons (Fsp3) is 0.462. The average Bonchev–Trinajstić information content (AvgIpc) is 3.28. The minimum Gasteiger partial charge on any atom is -0.375 e. The van der Waals surface area contributed by atoms with Gasteiger partial charge in [-0.25, -0.2) is 0 Å². The maximum atomic E-state index is 12.8. The van der Waals surface area contributed by atoms with Gasteiger partial charge in [-0.15, -0.1) is 0 Å². The molecule has 2 atom stereocenters. The molecule has 2 amide bonds. The van der Waals surface area contributed by atoms with Crippen molar-refractivity contribution in [2.45, 2.75) is 38.4 Å². The van der Waals surface area contributed by atoms with Crippen LogP contribution in [0.15, 0.2) is 54.6 Å². The van der Waals surface area contributed by atoms with Crippen LogP contribution >= 0.6 is 0 Å². The van der Waals surface area contributed by atoms with Crippen molar-refractivity contribution in [3.63, 3.8) is 0 Å². The molecule has 2 unspecified atom stereocenters. The molecule has 0 aliphatic carbocycles. The molecule has 1 heterocycles. The fourth-order valence-electron chi connectivity index (χ4n) is 4.36. The van der Waals surface area contributed by atoms with Gasteiger partial charge >= 0.3 is 0 Å². The number of amides is 2. The highest BCUT2D eigenvalue weighted by Crippen LogP contribution is 2.25. The Balaban J connectivity index is 1.79. The molecule has 1 aliphatic heterocycles. The number of aryl methyl sites for hydroxylation is 1. The summed E-state index contributed by atoms with van der Waals surface area (Å²) in [4.78, 5) is 29.7. The second-order valence-corrected chi connectivity index (χ2v) is 8.66. The van der Waals surface area contributed by atoms with Gasteiger partial charge < -0.3 is 20.7 Å². The first-order valence-corrected chi connectivity index (χ1v) is 11.6. The van der Waals surface area contributed by atoms with E-state index in [0.29, 0.717) is 26.1 Å². The Labute approximate surface area is 196 Å². The van der Waals surface area contributed by atoms with Gasteiger partial charge in [0.1, 0.15) is 12.6 Å². The molecule has 2 aromatic carbocycles. The predicted molar refractivity (Wildman–Crippen MR) is 130 cm³/mol. The van der Waals surface area contributed by atoms with Crippen LogP contribution in [0.2, 0.25) is 0 Å². The van der Waals surface area contributed by atoms with Crippen LogP contribution in [0.5, 0.6) is 0 Å². The molecule has 0 spiro atoms. The van der Waals surface area contributed by atoms with E-state index in [1.54, 1.807) is 4.90 Å². The van der Waals surface area contributed by atoms with E-state index in [1.165, 1.54) is 23.8 Å². The second-order valence-electron chi connectivity index (χ2n) is 8.66. The van der Waals surface area contributed by atoms with Crippen LogP contribution in [-0.2, 0) is 27.3 Å². The lowest BCUT2D eigenvalue weighted by molar-refractivity contribution is -0.141. The van der Waals surface area contributed by atoms with Crippen molar-refractivity contribution < 1.29 is 14.3 Å². The minimum atomic E-state index is -0.513. The van der Waals surface area contributed by atoms with Crippen molar-refractivity contribution in [1.82, 2.24) is 15.1 Å². The molecule has 3 rings (SSSR count). The van der Waals surface area contributed by atoms with Crippen molar-refractivity contribution in [2.75, 3.05) is 39.9 Å². The highest BCUT2D eigenvalue weighted by Gasteiger charge is 2.41. The number of nitrogens with zero attached hydrogens (tertiary/aromatic N) is 2. The number of ether oxygens (including phenoxy) is 1. The van der Waals surface area contributed by atoms with Gasteiger partial charge in [0.15, 0.2) is 0 Å². The van der Waals surface area contributed by atoms with Gasteiger partial charge in [0, 0.05) is 45.9 Å². The Hall–Kier alpha value is -2.74. The van der Waals surface area contributed by atoms with Gasteiger partial charge in [-0.05, 0) is 30.9 Å². The summed E-state index contributed by atoms with van der Waals surface area (Å²) in [5.74, 6) is -0.308. The SMILES string of the molecule is COCC(=O)N1CC(N(CCc2ccccc2)Cc2ccc(C)cc2)CC1C(=O)NCCN. The number of hydrogen-bond donors (Lipinski definition) is 2. The number of likely N-dealkylation sites (tertiary alicyclic amines) is 1. The van der Waals surface area contributed by atoms with E-state index in [9.17, 15) is 9.59 Å². The second kappa shape index (κ2) is 12.5. The lowest BCUT2D eigenvalue weighted by Gasteiger charge is -2.29. The number of hydrogen-bond acceptors (Lipinski definition) is 5. The molecule has 178 valence electrons. The lowest BCUT2D eigenvalue weighted by Crippen LogP contribution is -2.48. The number of rotatable bonds is 11. The van der Waals surface area contributed by atoms with Crippen LogP contribution in [0, 0.1) is 6.92 Å². The van der Waals surface area contributed by atoms with E-state index >= 15 is 0 Å². The molecule has 0 aromatic heterocycles. The van der Waals surface area contributed by atoms with Crippen LogP contribution in [0.25, 0.3) is 0 Å². The van der Waals surface area contributed by atoms with Crippen molar-refractivity contribution in [1.29, 1.82) is 0 Å². The van der Waals surface area contributed by atoms with Crippen molar-refractivity contribution in [2.24, 2.45) is 5.73 Å². The zero-order chi connectivity index (χ0) is 23.6. The first kappa shape index (κ1) is 24.9. The standard InChI is InChI=1S/C26H36N4O3/c1-20-8-10-22(11-9-20)17-29(15-12-21-6-4-3-5-7-21)23-16-24(26(32)28-14-13-27)30(18-23)25(31)19-33-2/h3-11,23-24H,12-19,27H2,1-2H3,(H,28,32). The largest absolute Gasteiger partial charge is 0.375 e. The van der Waals surface area contributed by atoms with Crippen molar-refractivity contribution in [3.8, 4) is 0 Å². The van der Waals surface area contributed by atoms with E-state index in [1.807, 2.05) is 6.07 Å². The normalized spacial score (nSPS) is 18.0. The fourth-order valence-corrected chi connectivity index (χ4v) is 4.36. The molecule has 7 nitrogen and oxygen atoms in total. The molecule has 1 aliphatic rings. The molecule has 2 aromatic rings. The van der Waals surface area contributed by atoms with Crippen LogP contribution in [0.3, 0.4) is 0 Å². The predicted octanol–water partition coefficient (Wildman–Crippen LogP) is 1.73. The molecule has 0 radical (unpaired) electrons. The van der Waals surface area contributed by atoms with E-state index in [0.717, 1.165) is 19.5 Å². The maximum Gasteiger partial charge on any atom is 0.249 e. The van der Waals surface area contributed by atoms with E-state index in [-0.39, 0.29) is 24.5 Å². The summed E-state index contributed by atoms with van der Waals surface area (Å²) < 4.78 is 5.08. The summed E-state index contributed by atoms with van der Waals surface area (Å²) in [6, 6.07) is 18.5. The minimum absolute atomic E-state index is 0.0324. The Kier molecular flexibility index (Phi) is 9.42. The van der Waals surface area contributed by atoms with Gasteiger partial charge in [0.05, 0.1) is 0 Å². The Morgan fingerprint density at radius 3 is 2.52 bits per heavy atom. The number of benzene rings is 2. The zero-order valence-electron chi connectivity index (χ0n) is 19.7. The number of carbonyl (C=O) groups excluding carboxylic acids is 2. The Morgan fingerprint density at radius 2 is 1.85 bits per heavy atom. The van der Waals surface area contributed by atoms with Crippen LogP contribution in [-0.4, -0.2) is 73.6 Å². The quantitative estimate of drug-likeness (QED) is 0.542. The molecule has 0 bridgehead atoms. The summed E-state index contributed by atoms with van der Waals surface area (Å²) in [5.41, 5.74) is 9.28. The molecule has 1 fully saturated rings. The number of methoxy groups -OCH3 is 1. The summed E-state index contributed by atoms with van der Waals surface area (Å²) in [5, 5.41) is 2.86. The van der Waals surface area contributed by atoms with E-state index in [2.05, 4.69) is 65.7 Å². The molecule has 33 heavy (non-hydrogen) atoms. The summed E-state index contributed by atoms with van der Waals surface area (Å²) in [6.45, 7) is 4.92. The monoisotopic (exact) mass is 452 g/mol. The number of nitrogens with two attached hydrogens (primary N) is 1. The third-order valence-corrected chi connectivity index (χ3v) is 6.17. The average molecular weight is 453 g/mol. The summed E-state index contributed by atoms with van der Waals surface area (Å²) in [7, 11) is 1.50. The van der Waals surface area contributed by atoms with Crippen LogP contribution in [0.1, 0.15) is 23.1 Å². The maximum absolute atomic E-state index is 12.8. The highest BCUT2D eigenvalue weighted by atomic mass is 16.5. The molecule has 1 saturated heterocycles. The molecular formula is C26H36N4O3.